The van der Waals surface area contributed by atoms with Crippen molar-refractivity contribution in [1.82, 2.24) is 0 Å². The number of hydrogen-bond acceptors (Lipinski definition) is 5. The van der Waals surface area contributed by atoms with Gasteiger partial charge in [0.15, 0.2) is 17.3 Å². The minimum atomic E-state index is -4.33. The van der Waals surface area contributed by atoms with E-state index in [-0.39, 0.29) is 34.4 Å². The topological polar surface area (TPSA) is 97.7 Å². The normalized spacial score (nSPS) is 13.6. The van der Waals surface area contributed by atoms with Gasteiger partial charge in [0.1, 0.15) is 0 Å². The predicted molar refractivity (Wildman–Crippen MR) is 77.5 cm³/mol. The zero-order valence-electron chi connectivity index (χ0n) is 12.3. The van der Waals surface area contributed by atoms with Gasteiger partial charge >= 0.3 is 7.60 Å². The van der Waals surface area contributed by atoms with Gasteiger partial charge in [0, 0.05) is 16.7 Å². The van der Waals surface area contributed by atoms with Gasteiger partial charge in [0.25, 0.3) is 0 Å². The molecule has 0 radical (unpaired) electrons. The van der Waals surface area contributed by atoms with Crippen molar-refractivity contribution in [3.05, 3.63) is 28.8 Å². The van der Waals surface area contributed by atoms with E-state index in [0.717, 1.165) is 0 Å². The first-order valence-electron chi connectivity index (χ1n) is 6.30. The van der Waals surface area contributed by atoms with Gasteiger partial charge in [-0.25, -0.2) is 0 Å². The lowest BCUT2D eigenvalue weighted by Gasteiger charge is -2.18. The number of carbonyl (C=O) groups is 3. The Morgan fingerprint density at radius 3 is 1.76 bits per heavy atom. The number of benzene rings is 1. The summed E-state index contributed by atoms with van der Waals surface area (Å²) in [5.41, 5.74) is -0.162. The molecule has 0 aliphatic heterocycles. The molecule has 0 fully saturated rings. The number of hydrogen-bond donors (Lipinski definition) is 1. The Hall–Kier alpha value is -1.62. The molecular formula is C14H17O6P. The predicted octanol–water partition coefficient (Wildman–Crippen LogP) is 2.14. The maximum Gasteiger partial charge on any atom is 0.360 e. The summed E-state index contributed by atoms with van der Waals surface area (Å²) in [6.07, 6.45) is 0. The number of Topliss-reactive ketones (excluding diaryl/α,β-unsaturated/α-hetero) is 3. The number of ketones is 3. The summed E-state index contributed by atoms with van der Waals surface area (Å²) >= 11 is 0. The molecule has 0 amide bonds. The summed E-state index contributed by atoms with van der Waals surface area (Å²) < 4.78 is 17.1. The van der Waals surface area contributed by atoms with Crippen LogP contribution in [0.4, 0.5) is 0 Å². The fourth-order valence-electron chi connectivity index (χ4n) is 1.92. The molecule has 1 aromatic rings. The summed E-state index contributed by atoms with van der Waals surface area (Å²) in [6, 6.07) is 2.43. The van der Waals surface area contributed by atoms with E-state index in [1.165, 1.54) is 39.8 Å². The minimum absolute atomic E-state index is 0.0586. The molecule has 0 aromatic heterocycles. The third kappa shape index (κ3) is 3.73. The molecule has 21 heavy (non-hydrogen) atoms. The van der Waals surface area contributed by atoms with Gasteiger partial charge < -0.3 is 9.42 Å². The number of rotatable bonds is 6. The Bertz CT molecular complexity index is 626. The first kappa shape index (κ1) is 17.4. The first-order chi connectivity index (χ1) is 9.61. The molecule has 1 unspecified atom stereocenters. The van der Waals surface area contributed by atoms with E-state index >= 15 is 0 Å². The first-order valence-corrected chi connectivity index (χ1v) is 7.88. The fourth-order valence-corrected chi connectivity index (χ4v) is 3.45. The molecule has 1 N–H and O–H groups in total. The molecule has 7 heteroatoms. The molecule has 1 atom stereocenters. The average Bonchev–Trinajstić information content (AvgIpc) is 2.36. The fraction of sp³-hybridized carbons (Fsp3) is 0.357. The molecule has 0 aliphatic carbocycles. The van der Waals surface area contributed by atoms with Crippen LogP contribution in [-0.2, 0) is 9.09 Å². The van der Waals surface area contributed by atoms with Crippen molar-refractivity contribution in [2.75, 3.05) is 6.61 Å². The second kappa shape index (κ2) is 6.43. The maximum atomic E-state index is 12.3. The van der Waals surface area contributed by atoms with Crippen LogP contribution in [0.1, 0.15) is 58.8 Å². The lowest BCUT2D eigenvalue weighted by Crippen LogP contribution is -2.24. The molecule has 6 nitrogen and oxygen atoms in total. The van der Waals surface area contributed by atoms with Crippen molar-refractivity contribution < 1.29 is 28.4 Å². The van der Waals surface area contributed by atoms with Crippen molar-refractivity contribution in [1.29, 1.82) is 0 Å². The monoisotopic (exact) mass is 312 g/mol. The van der Waals surface area contributed by atoms with E-state index in [4.69, 9.17) is 4.52 Å². The minimum Gasteiger partial charge on any atom is -0.321 e. The maximum absolute atomic E-state index is 12.3. The van der Waals surface area contributed by atoms with Crippen LogP contribution in [0.15, 0.2) is 12.1 Å². The van der Waals surface area contributed by atoms with Crippen molar-refractivity contribution in [3.63, 3.8) is 0 Å². The van der Waals surface area contributed by atoms with Gasteiger partial charge in [-0.1, -0.05) is 0 Å². The third-order valence-corrected chi connectivity index (χ3v) is 4.52. The van der Waals surface area contributed by atoms with Gasteiger partial charge in [-0.15, -0.1) is 0 Å². The van der Waals surface area contributed by atoms with Gasteiger partial charge in [-0.05, 0) is 39.8 Å². The van der Waals surface area contributed by atoms with Gasteiger partial charge in [0.05, 0.1) is 11.9 Å². The summed E-state index contributed by atoms with van der Waals surface area (Å²) in [5.74, 6) is -1.40. The van der Waals surface area contributed by atoms with E-state index in [0.29, 0.717) is 0 Å². The van der Waals surface area contributed by atoms with E-state index in [1.807, 2.05) is 0 Å². The molecule has 0 saturated carbocycles. The summed E-state index contributed by atoms with van der Waals surface area (Å²) in [5, 5.41) is -0.339. The van der Waals surface area contributed by atoms with Gasteiger partial charge in [-0.2, -0.15) is 0 Å². The second-order valence-corrected chi connectivity index (χ2v) is 6.27. The highest BCUT2D eigenvalue weighted by molar-refractivity contribution is 7.61. The smallest absolute Gasteiger partial charge is 0.321 e. The molecule has 1 rings (SSSR count). The molecule has 1 aromatic carbocycles. The zero-order chi connectivity index (χ0) is 16.4. The van der Waals surface area contributed by atoms with Crippen LogP contribution in [0.5, 0.6) is 0 Å². The van der Waals surface area contributed by atoms with Crippen molar-refractivity contribution >= 4 is 30.3 Å². The molecule has 0 spiro atoms. The standard InChI is InChI=1S/C14H17O6P/c1-5-20-21(18,19)14-12(9(3)16)6-11(8(2)15)7-13(14)10(4)17/h6-7H,5H2,1-4H3,(H,18,19). The molecule has 0 heterocycles. The lowest BCUT2D eigenvalue weighted by molar-refractivity contribution is 0.101. The molecule has 0 aliphatic rings. The highest BCUT2D eigenvalue weighted by Gasteiger charge is 2.32. The van der Waals surface area contributed by atoms with Crippen molar-refractivity contribution in [3.8, 4) is 0 Å². The van der Waals surface area contributed by atoms with Crippen molar-refractivity contribution in [2.24, 2.45) is 0 Å². The molecule has 0 bridgehead atoms. The largest absolute Gasteiger partial charge is 0.360 e. The van der Waals surface area contributed by atoms with Crippen LogP contribution >= 0.6 is 7.60 Å². The van der Waals surface area contributed by atoms with E-state index < -0.39 is 19.2 Å². The van der Waals surface area contributed by atoms with Crippen LogP contribution in [0.3, 0.4) is 0 Å². The van der Waals surface area contributed by atoms with E-state index in [9.17, 15) is 23.8 Å². The van der Waals surface area contributed by atoms with Crippen LogP contribution in [0.25, 0.3) is 0 Å². The molecular weight excluding hydrogens is 295 g/mol. The average molecular weight is 312 g/mol. The SMILES string of the molecule is CCOP(=O)(O)c1c(C(C)=O)cc(C(C)=O)cc1C(C)=O. The highest BCUT2D eigenvalue weighted by atomic mass is 31.2. The van der Waals surface area contributed by atoms with Crippen molar-refractivity contribution in [2.45, 2.75) is 27.7 Å². The Labute approximate surface area is 122 Å². The Kier molecular flexibility index (Phi) is 5.34. The second-order valence-electron chi connectivity index (χ2n) is 4.53. The van der Waals surface area contributed by atoms with Gasteiger partial charge in [-0.3, -0.25) is 18.9 Å². The third-order valence-electron chi connectivity index (χ3n) is 2.86. The van der Waals surface area contributed by atoms with Crippen LogP contribution in [0.2, 0.25) is 0 Å². The van der Waals surface area contributed by atoms with Crippen LogP contribution < -0.4 is 5.30 Å². The Balaban J connectivity index is 3.82. The van der Waals surface area contributed by atoms with E-state index in [2.05, 4.69) is 0 Å². The summed E-state index contributed by atoms with van der Waals surface area (Å²) in [7, 11) is -4.33. The van der Waals surface area contributed by atoms with E-state index in [1.54, 1.807) is 0 Å². The molecule has 0 saturated heterocycles. The Morgan fingerprint density at radius 2 is 1.48 bits per heavy atom. The lowest BCUT2D eigenvalue weighted by atomic mass is 9.99. The quantitative estimate of drug-likeness (QED) is 0.638. The van der Waals surface area contributed by atoms with Crippen LogP contribution in [0, 0.1) is 0 Å². The summed E-state index contributed by atoms with van der Waals surface area (Å²) in [4.78, 5) is 45.0. The zero-order valence-corrected chi connectivity index (χ0v) is 13.2. The van der Waals surface area contributed by atoms with Crippen LogP contribution in [-0.4, -0.2) is 28.9 Å². The van der Waals surface area contributed by atoms with Gasteiger partial charge in [0.2, 0.25) is 0 Å². The molecule has 114 valence electrons. The highest BCUT2D eigenvalue weighted by Crippen LogP contribution is 2.43. The Morgan fingerprint density at radius 1 is 1.05 bits per heavy atom. The summed E-state index contributed by atoms with van der Waals surface area (Å²) in [6.45, 7) is 5.13. The number of carbonyl (C=O) groups excluding carboxylic acids is 3.